The van der Waals surface area contributed by atoms with Crippen molar-refractivity contribution in [3.8, 4) is 0 Å². The number of nitrogens with zero attached hydrogens (tertiary/aromatic N) is 3. The van der Waals surface area contributed by atoms with Crippen LogP contribution in [0.3, 0.4) is 0 Å². The third-order valence-corrected chi connectivity index (χ3v) is 5.49. The molecule has 2 heterocycles. The van der Waals surface area contributed by atoms with Crippen molar-refractivity contribution in [3.05, 3.63) is 12.0 Å². The lowest BCUT2D eigenvalue weighted by molar-refractivity contribution is 0.349. The highest BCUT2D eigenvalue weighted by Crippen LogP contribution is 2.22. The molecule has 0 aromatic carbocycles. The second-order valence-electron chi connectivity index (χ2n) is 4.49. The molecular weight excluding hydrogens is 274 g/mol. The molecule has 0 amide bonds. The predicted molar refractivity (Wildman–Crippen MR) is 70.3 cm³/mol. The summed E-state index contributed by atoms with van der Waals surface area (Å²) >= 11 is 5.99. The van der Waals surface area contributed by atoms with E-state index in [0.717, 1.165) is 12.4 Å². The second kappa shape index (κ2) is 5.19. The summed E-state index contributed by atoms with van der Waals surface area (Å²) in [6.45, 7) is 5.46. The maximum absolute atomic E-state index is 12.4. The molecule has 102 valence electrons. The van der Waals surface area contributed by atoms with Gasteiger partial charge < -0.3 is 4.57 Å². The molecule has 0 saturated carbocycles. The molecule has 0 unspecified atom stereocenters. The van der Waals surface area contributed by atoms with Crippen LogP contribution in [0.15, 0.2) is 11.2 Å². The predicted octanol–water partition coefficient (Wildman–Crippen LogP) is 1.60. The standard InChI is InChI=1S/C11H18ClN3O2S/c1-3-14-8-11(13-9(14)2)18(16,17)15-6-4-10(12)5-7-15/h8,10H,3-7H2,1-2H3. The number of rotatable bonds is 3. The van der Waals surface area contributed by atoms with E-state index in [9.17, 15) is 8.42 Å². The Hall–Kier alpha value is -0.590. The molecule has 0 radical (unpaired) electrons. The van der Waals surface area contributed by atoms with Gasteiger partial charge in [0.05, 0.1) is 0 Å². The first-order valence-electron chi connectivity index (χ1n) is 6.13. The van der Waals surface area contributed by atoms with E-state index in [1.165, 1.54) is 4.31 Å². The molecule has 1 saturated heterocycles. The minimum absolute atomic E-state index is 0.0892. The van der Waals surface area contributed by atoms with Crippen LogP contribution in [0.2, 0.25) is 0 Å². The normalized spacial score (nSPS) is 19.3. The molecule has 7 heteroatoms. The van der Waals surface area contributed by atoms with E-state index in [1.54, 1.807) is 6.20 Å². The molecule has 0 spiro atoms. The minimum atomic E-state index is -3.45. The van der Waals surface area contributed by atoms with Gasteiger partial charge in [-0.25, -0.2) is 13.4 Å². The Balaban J connectivity index is 2.24. The Morgan fingerprint density at radius 3 is 2.56 bits per heavy atom. The molecule has 0 aliphatic carbocycles. The summed E-state index contributed by atoms with van der Waals surface area (Å²) in [5.74, 6) is 0.725. The Morgan fingerprint density at radius 1 is 1.44 bits per heavy atom. The largest absolute Gasteiger partial charge is 0.334 e. The van der Waals surface area contributed by atoms with E-state index in [0.29, 0.717) is 25.9 Å². The van der Waals surface area contributed by atoms with Gasteiger partial charge in [0.25, 0.3) is 10.0 Å². The molecule has 0 atom stereocenters. The molecule has 1 aliphatic heterocycles. The number of hydrogen-bond acceptors (Lipinski definition) is 3. The third kappa shape index (κ3) is 2.55. The summed E-state index contributed by atoms with van der Waals surface area (Å²) in [5, 5.41) is 0.237. The van der Waals surface area contributed by atoms with Crippen LogP contribution in [0.25, 0.3) is 0 Å². The highest BCUT2D eigenvalue weighted by atomic mass is 35.5. The van der Waals surface area contributed by atoms with Crippen LogP contribution < -0.4 is 0 Å². The topological polar surface area (TPSA) is 55.2 Å². The van der Waals surface area contributed by atoms with Crippen LogP contribution in [0, 0.1) is 6.92 Å². The first-order valence-corrected chi connectivity index (χ1v) is 8.00. The van der Waals surface area contributed by atoms with Crippen molar-refractivity contribution < 1.29 is 8.42 Å². The number of sulfonamides is 1. The Bertz CT molecular complexity index is 518. The number of imidazole rings is 1. The average Bonchev–Trinajstić information content (AvgIpc) is 2.72. The zero-order valence-corrected chi connectivity index (χ0v) is 12.2. The van der Waals surface area contributed by atoms with Crippen molar-refractivity contribution in [2.45, 2.75) is 43.6 Å². The molecule has 1 aromatic rings. The van der Waals surface area contributed by atoms with Gasteiger partial charge in [-0.1, -0.05) is 0 Å². The van der Waals surface area contributed by atoms with E-state index < -0.39 is 10.0 Å². The average molecular weight is 292 g/mol. The number of hydrogen-bond donors (Lipinski definition) is 0. The first kappa shape index (κ1) is 13.8. The zero-order chi connectivity index (χ0) is 13.3. The van der Waals surface area contributed by atoms with E-state index in [1.807, 2.05) is 18.4 Å². The Labute approximate surface area is 113 Å². The first-order chi connectivity index (χ1) is 8.45. The van der Waals surface area contributed by atoms with Gasteiger partial charge in [0.2, 0.25) is 0 Å². The number of piperidine rings is 1. The van der Waals surface area contributed by atoms with Gasteiger partial charge in [0.15, 0.2) is 5.03 Å². The fourth-order valence-electron chi connectivity index (χ4n) is 2.12. The van der Waals surface area contributed by atoms with Gasteiger partial charge in [0, 0.05) is 31.2 Å². The van der Waals surface area contributed by atoms with Crippen molar-refractivity contribution in [3.63, 3.8) is 0 Å². The van der Waals surface area contributed by atoms with Crippen LogP contribution in [-0.2, 0) is 16.6 Å². The highest BCUT2D eigenvalue weighted by Gasteiger charge is 2.30. The molecule has 1 fully saturated rings. The smallest absolute Gasteiger partial charge is 0.262 e. The summed E-state index contributed by atoms with van der Waals surface area (Å²) in [6.07, 6.45) is 3.01. The SMILES string of the molecule is CCn1cc(S(=O)(=O)N2CCC(Cl)CC2)nc1C. The van der Waals surface area contributed by atoms with E-state index >= 15 is 0 Å². The van der Waals surface area contributed by atoms with Crippen LogP contribution in [0.1, 0.15) is 25.6 Å². The van der Waals surface area contributed by atoms with Gasteiger partial charge in [-0.05, 0) is 26.7 Å². The Morgan fingerprint density at radius 2 is 2.06 bits per heavy atom. The molecule has 1 aromatic heterocycles. The lowest BCUT2D eigenvalue weighted by Gasteiger charge is -2.27. The van der Waals surface area contributed by atoms with Crippen molar-refractivity contribution in [1.82, 2.24) is 13.9 Å². The lowest BCUT2D eigenvalue weighted by atomic mass is 10.2. The van der Waals surface area contributed by atoms with Gasteiger partial charge in [-0.2, -0.15) is 4.31 Å². The van der Waals surface area contributed by atoms with E-state index in [2.05, 4.69) is 4.98 Å². The number of halogens is 1. The lowest BCUT2D eigenvalue weighted by Crippen LogP contribution is -2.38. The Kier molecular flexibility index (Phi) is 3.99. The van der Waals surface area contributed by atoms with E-state index in [-0.39, 0.29) is 10.4 Å². The van der Waals surface area contributed by atoms with Gasteiger partial charge in [0.1, 0.15) is 5.82 Å². The van der Waals surface area contributed by atoms with Crippen molar-refractivity contribution in [1.29, 1.82) is 0 Å². The molecular formula is C11H18ClN3O2S. The maximum Gasteiger partial charge on any atom is 0.262 e. The fraction of sp³-hybridized carbons (Fsp3) is 0.727. The molecule has 18 heavy (non-hydrogen) atoms. The van der Waals surface area contributed by atoms with Crippen LogP contribution in [-0.4, -0.2) is 40.7 Å². The zero-order valence-electron chi connectivity index (χ0n) is 10.6. The second-order valence-corrected chi connectivity index (χ2v) is 6.99. The summed E-state index contributed by atoms with van der Waals surface area (Å²) in [5.41, 5.74) is 0. The van der Waals surface area contributed by atoms with Crippen molar-refractivity contribution in [2.75, 3.05) is 13.1 Å². The monoisotopic (exact) mass is 291 g/mol. The molecule has 1 aliphatic rings. The molecule has 0 N–H and O–H groups in total. The van der Waals surface area contributed by atoms with Crippen LogP contribution >= 0.6 is 11.6 Å². The summed E-state index contributed by atoms with van der Waals surface area (Å²) in [7, 11) is -3.45. The van der Waals surface area contributed by atoms with Gasteiger partial charge in [-0.3, -0.25) is 0 Å². The van der Waals surface area contributed by atoms with Gasteiger partial charge >= 0.3 is 0 Å². The summed E-state index contributed by atoms with van der Waals surface area (Å²) in [4.78, 5) is 4.15. The maximum atomic E-state index is 12.4. The summed E-state index contributed by atoms with van der Waals surface area (Å²) < 4.78 is 28.1. The van der Waals surface area contributed by atoms with Crippen molar-refractivity contribution in [2.24, 2.45) is 0 Å². The number of alkyl halides is 1. The van der Waals surface area contributed by atoms with Crippen LogP contribution in [0.5, 0.6) is 0 Å². The van der Waals surface area contributed by atoms with E-state index in [4.69, 9.17) is 11.6 Å². The minimum Gasteiger partial charge on any atom is -0.334 e. The number of aryl methyl sites for hydroxylation is 2. The van der Waals surface area contributed by atoms with Crippen LogP contribution in [0.4, 0.5) is 0 Å². The number of aromatic nitrogens is 2. The molecule has 5 nitrogen and oxygen atoms in total. The quantitative estimate of drug-likeness (QED) is 0.795. The van der Waals surface area contributed by atoms with Gasteiger partial charge in [-0.15, -0.1) is 11.6 Å². The highest BCUT2D eigenvalue weighted by molar-refractivity contribution is 7.89. The third-order valence-electron chi connectivity index (χ3n) is 3.28. The van der Waals surface area contributed by atoms with Crippen molar-refractivity contribution >= 4 is 21.6 Å². The fourth-order valence-corrected chi connectivity index (χ4v) is 3.78. The summed E-state index contributed by atoms with van der Waals surface area (Å²) in [6, 6.07) is 0. The molecule has 0 bridgehead atoms. The molecule has 2 rings (SSSR count).